The van der Waals surface area contributed by atoms with Crippen molar-refractivity contribution < 1.29 is 14.3 Å². The number of benzene rings is 1. The van der Waals surface area contributed by atoms with E-state index in [1.807, 2.05) is 47.8 Å². The second-order valence-electron chi connectivity index (χ2n) is 7.70. The quantitative estimate of drug-likeness (QED) is 0.448. The molecule has 168 valence electrons. The third-order valence-corrected chi connectivity index (χ3v) is 7.40. The maximum absolute atomic E-state index is 12.3. The fraction of sp³-hybridized carbons (Fsp3) is 0.240. The van der Waals surface area contributed by atoms with E-state index in [4.69, 9.17) is 4.74 Å². The van der Waals surface area contributed by atoms with Gasteiger partial charge in [-0.1, -0.05) is 36.4 Å². The summed E-state index contributed by atoms with van der Waals surface area (Å²) in [5.74, 6) is -0.0686. The molecule has 1 atom stereocenters. The molecule has 0 radical (unpaired) electrons. The van der Waals surface area contributed by atoms with Crippen molar-refractivity contribution in [2.24, 2.45) is 5.92 Å². The van der Waals surface area contributed by atoms with Crippen LogP contribution in [0.2, 0.25) is 0 Å². The molecular formula is C25H23N3O3S2. The molecule has 1 aliphatic rings. The van der Waals surface area contributed by atoms with Crippen LogP contribution in [0.3, 0.4) is 0 Å². The summed E-state index contributed by atoms with van der Waals surface area (Å²) in [5, 5.41) is 17.8. The molecule has 1 unspecified atom stereocenters. The molecule has 2 N–H and O–H groups in total. The summed E-state index contributed by atoms with van der Waals surface area (Å²) in [6, 6.07) is 15.8. The number of anilines is 1. The number of thiophene rings is 2. The minimum Gasteiger partial charge on any atom is -0.449 e. The number of rotatable bonds is 7. The first kappa shape index (κ1) is 22.8. The Morgan fingerprint density at radius 1 is 1.21 bits per heavy atom. The topological polar surface area (TPSA) is 91.2 Å². The highest BCUT2D eigenvalue weighted by molar-refractivity contribution is 7.16. The Kier molecular flexibility index (Phi) is 7.55. The number of ether oxygens (including phenoxy) is 1. The number of alkyl carbamates (subject to hydrolysis) is 1. The summed E-state index contributed by atoms with van der Waals surface area (Å²) in [5.41, 5.74) is 2.57. The Morgan fingerprint density at radius 2 is 2.06 bits per heavy atom. The number of nitrogens with one attached hydrogen (secondary N) is 2. The van der Waals surface area contributed by atoms with Crippen molar-refractivity contribution in [1.29, 1.82) is 5.26 Å². The molecule has 2 amide bonds. The van der Waals surface area contributed by atoms with Crippen LogP contribution in [0.25, 0.3) is 6.08 Å². The van der Waals surface area contributed by atoms with Gasteiger partial charge in [0.25, 0.3) is 0 Å². The zero-order valence-corrected chi connectivity index (χ0v) is 19.5. The first-order valence-electron chi connectivity index (χ1n) is 10.6. The molecule has 0 saturated carbocycles. The van der Waals surface area contributed by atoms with Gasteiger partial charge in [0.15, 0.2) is 0 Å². The molecular weight excluding hydrogens is 454 g/mol. The average Bonchev–Trinajstić information content (AvgIpc) is 3.47. The van der Waals surface area contributed by atoms with Crippen LogP contribution in [0, 0.1) is 17.2 Å². The van der Waals surface area contributed by atoms with Crippen molar-refractivity contribution >= 4 is 45.8 Å². The predicted molar refractivity (Wildman–Crippen MR) is 131 cm³/mol. The number of hydrogen-bond donors (Lipinski definition) is 2. The van der Waals surface area contributed by atoms with Gasteiger partial charge in [-0.25, -0.2) is 4.79 Å². The molecule has 2 aromatic heterocycles. The molecule has 3 aromatic rings. The van der Waals surface area contributed by atoms with E-state index in [2.05, 4.69) is 16.7 Å². The molecule has 33 heavy (non-hydrogen) atoms. The number of hydrogen-bond acceptors (Lipinski definition) is 6. The van der Waals surface area contributed by atoms with Gasteiger partial charge in [-0.15, -0.1) is 22.7 Å². The van der Waals surface area contributed by atoms with E-state index in [0.29, 0.717) is 23.7 Å². The number of amides is 2. The first-order valence-corrected chi connectivity index (χ1v) is 12.3. The van der Waals surface area contributed by atoms with Crippen LogP contribution in [0.5, 0.6) is 0 Å². The predicted octanol–water partition coefficient (Wildman–Crippen LogP) is 5.36. The van der Waals surface area contributed by atoms with Crippen LogP contribution in [-0.4, -0.2) is 18.6 Å². The van der Waals surface area contributed by atoms with Crippen LogP contribution in [0.1, 0.15) is 32.9 Å². The molecule has 6 nitrogen and oxygen atoms in total. The van der Waals surface area contributed by atoms with Crippen LogP contribution < -0.4 is 10.6 Å². The normalized spacial score (nSPS) is 14.9. The van der Waals surface area contributed by atoms with Gasteiger partial charge < -0.3 is 15.4 Å². The van der Waals surface area contributed by atoms with Gasteiger partial charge in [0.1, 0.15) is 11.1 Å². The third-order valence-electron chi connectivity index (χ3n) is 5.39. The highest BCUT2D eigenvalue weighted by atomic mass is 32.1. The largest absolute Gasteiger partial charge is 0.449 e. The summed E-state index contributed by atoms with van der Waals surface area (Å²) in [7, 11) is 0. The van der Waals surface area contributed by atoms with E-state index in [1.54, 1.807) is 17.4 Å². The monoisotopic (exact) mass is 477 g/mol. The van der Waals surface area contributed by atoms with Crippen LogP contribution >= 0.6 is 22.7 Å². The Labute approximate surface area is 200 Å². The van der Waals surface area contributed by atoms with E-state index in [1.165, 1.54) is 17.4 Å². The molecule has 0 fully saturated rings. The van der Waals surface area contributed by atoms with Crippen molar-refractivity contribution in [3.63, 3.8) is 0 Å². The van der Waals surface area contributed by atoms with Crippen LogP contribution in [0.15, 0.2) is 53.9 Å². The lowest BCUT2D eigenvalue weighted by Crippen LogP contribution is -2.27. The number of nitriles is 1. The van der Waals surface area contributed by atoms with E-state index >= 15 is 0 Å². The van der Waals surface area contributed by atoms with Gasteiger partial charge in [0.2, 0.25) is 5.91 Å². The molecule has 0 bridgehead atoms. The minimum atomic E-state index is -0.431. The lowest BCUT2D eigenvalue weighted by molar-refractivity contribution is -0.111. The van der Waals surface area contributed by atoms with Gasteiger partial charge in [-0.3, -0.25) is 4.79 Å². The summed E-state index contributed by atoms with van der Waals surface area (Å²) in [6.07, 6.45) is 5.10. The second-order valence-corrected chi connectivity index (χ2v) is 9.79. The van der Waals surface area contributed by atoms with Gasteiger partial charge >= 0.3 is 6.09 Å². The number of carbonyl (C=O) groups is 2. The van der Waals surface area contributed by atoms with Gasteiger partial charge in [-0.05, 0) is 53.8 Å². The van der Waals surface area contributed by atoms with Crippen molar-refractivity contribution in [3.8, 4) is 6.07 Å². The molecule has 0 spiro atoms. The molecule has 2 heterocycles. The Morgan fingerprint density at radius 3 is 2.82 bits per heavy atom. The minimum absolute atomic E-state index is 0.187. The average molecular weight is 478 g/mol. The lowest BCUT2D eigenvalue weighted by Gasteiger charge is -2.21. The van der Waals surface area contributed by atoms with Crippen LogP contribution in [0.4, 0.5) is 9.80 Å². The fourth-order valence-electron chi connectivity index (χ4n) is 3.71. The Hall–Kier alpha value is -3.41. The molecule has 0 aliphatic heterocycles. The molecule has 8 heteroatoms. The second kappa shape index (κ2) is 10.9. The SMILES string of the molecule is N#Cc1c(NC(=O)/C=C/c2cccs2)sc2c1CCC(COC(=O)NCc1ccccc1)C2. The van der Waals surface area contributed by atoms with Crippen molar-refractivity contribution in [2.75, 3.05) is 11.9 Å². The first-order chi connectivity index (χ1) is 16.1. The number of carbonyl (C=O) groups excluding carboxylic acids is 2. The van der Waals surface area contributed by atoms with Crippen molar-refractivity contribution in [2.45, 2.75) is 25.8 Å². The molecule has 4 rings (SSSR count). The molecule has 1 aromatic carbocycles. The van der Waals surface area contributed by atoms with E-state index < -0.39 is 6.09 Å². The third kappa shape index (κ3) is 6.09. The van der Waals surface area contributed by atoms with E-state index in [-0.39, 0.29) is 11.8 Å². The maximum atomic E-state index is 12.3. The van der Waals surface area contributed by atoms with Gasteiger partial charge in [0, 0.05) is 22.4 Å². The lowest BCUT2D eigenvalue weighted by atomic mass is 9.88. The maximum Gasteiger partial charge on any atom is 0.407 e. The fourth-order valence-corrected chi connectivity index (χ4v) is 5.65. The summed E-state index contributed by atoms with van der Waals surface area (Å²) < 4.78 is 5.43. The Bertz CT molecular complexity index is 1180. The standard InChI is InChI=1S/C25H23N3O3S2/c26-14-21-20-10-8-18(16-31-25(30)27-15-17-5-2-1-3-6-17)13-22(20)33-24(21)28-23(29)11-9-19-7-4-12-32-19/h1-7,9,11-12,18H,8,10,13,15-16H2,(H,27,30)(H,28,29)/b11-9+. The summed E-state index contributed by atoms with van der Waals surface area (Å²) in [4.78, 5) is 26.5. The smallest absolute Gasteiger partial charge is 0.407 e. The summed E-state index contributed by atoms with van der Waals surface area (Å²) in [6.45, 7) is 0.750. The number of nitrogens with zero attached hydrogens (tertiary/aromatic N) is 1. The van der Waals surface area contributed by atoms with Gasteiger partial charge in [-0.2, -0.15) is 5.26 Å². The molecule has 0 saturated heterocycles. The zero-order chi connectivity index (χ0) is 23.0. The van der Waals surface area contributed by atoms with Crippen molar-refractivity contribution in [1.82, 2.24) is 5.32 Å². The molecule has 1 aliphatic carbocycles. The zero-order valence-electron chi connectivity index (χ0n) is 17.9. The highest BCUT2D eigenvalue weighted by Crippen LogP contribution is 2.39. The number of fused-ring (bicyclic) bond motifs is 1. The van der Waals surface area contributed by atoms with E-state index in [9.17, 15) is 14.9 Å². The van der Waals surface area contributed by atoms with Gasteiger partial charge in [0.05, 0.1) is 12.2 Å². The van der Waals surface area contributed by atoms with Crippen molar-refractivity contribution in [3.05, 3.63) is 80.4 Å². The van der Waals surface area contributed by atoms with E-state index in [0.717, 1.165) is 40.1 Å². The highest BCUT2D eigenvalue weighted by Gasteiger charge is 2.27. The summed E-state index contributed by atoms with van der Waals surface area (Å²) >= 11 is 2.99. The Balaban J connectivity index is 1.31. The van der Waals surface area contributed by atoms with Crippen LogP contribution in [-0.2, 0) is 28.9 Å².